The van der Waals surface area contributed by atoms with Crippen LogP contribution in [0, 0.1) is 11.2 Å². The minimum atomic E-state index is -0.700. The largest absolute Gasteiger partial charge is 0.378 e. The van der Waals surface area contributed by atoms with Crippen molar-refractivity contribution >= 4 is 5.84 Å². The summed E-state index contributed by atoms with van der Waals surface area (Å²) in [6, 6.07) is 15.7. The van der Waals surface area contributed by atoms with Crippen molar-refractivity contribution < 1.29 is 13.7 Å². The summed E-state index contributed by atoms with van der Waals surface area (Å²) in [5, 5.41) is 12.5. The Balaban J connectivity index is 1.50. The van der Waals surface area contributed by atoms with Gasteiger partial charge in [0, 0.05) is 30.6 Å². The minimum absolute atomic E-state index is 0.174. The molecular weight excluding hydrogens is 383 g/mol. The molecule has 2 unspecified atom stereocenters. The van der Waals surface area contributed by atoms with Gasteiger partial charge in [-0.2, -0.15) is 0 Å². The van der Waals surface area contributed by atoms with Gasteiger partial charge in [-0.25, -0.2) is 4.39 Å². The van der Waals surface area contributed by atoms with Crippen molar-refractivity contribution in [1.82, 2.24) is 10.1 Å². The molecule has 0 spiro atoms. The number of benzene rings is 2. The van der Waals surface area contributed by atoms with Crippen LogP contribution in [0.15, 0.2) is 59.1 Å². The first-order valence-electron chi connectivity index (χ1n) is 10.0. The molecule has 3 aromatic rings. The van der Waals surface area contributed by atoms with E-state index in [2.05, 4.69) is 5.16 Å². The van der Waals surface area contributed by atoms with Crippen LogP contribution in [0.5, 0.6) is 0 Å². The highest BCUT2D eigenvalue weighted by Gasteiger charge is 2.25. The summed E-state index contributed by atoms with van der Waals surface area (Å²) in [6.45, 7) is 4.38. The molecule has 0 aliphatic carbocycles. The lowest BCUT2D eigenvalue weighted by molar-refractivity contribution is 0.0661. The number of aromatic nitrogens is 1. The second-order valence-corrected chi connectivity index (χ2v) is 7.44. The highest BCUT2D eigenvalue weighted by molar-refractivity contribution is 5.85. The molecule has 3 N–H and O–H groups in total. The molecule has 7 heteroatoms. The molecule has 1 saturated heterocycles. The smallest absolute Gasteiger partial charge is 0.161 e. The predicted octanol–water partition coefficient (Wildman–Crippen LogP) is 3.94. The SMILES string of the molecule is CC(c1ccc(-c2ccccc2)c(F)c1)c1cc(C(N)C(=N)N2CCOCC2)on1. The Morgan fingerprint density at radius 3 is 2.57 bits per heavy atom. The van der Waals surface area contributed by atoms with Crippen molar-refractivity contribution in [3.8, 4) is 11.1 Å². The van der Waals surface area contributed by atoms with Gasteiger partial charge in [0.25, 0.3) is 0 Å². The number of rotatable bonds is 5. The fourth-order valence-electron chi connectivity index (χ4n) is 3.61. The Labute approximate surface area is 174 Å². The first kappa shape index (κ1) is 20.3. The van der Waals surface area contributed by atoms with Gasteiger partial charge in [-0.15, -0.1) is 0 Å². The fourth-order valence-corrected chi connectivity index (χ4v) is 3.61. The van der Waals surface area contributed by atoms with Gasteiger partial charge in [-0.3, -0.25) is 5.41 Å². The minimum Gasteiger partial charge on any atom is -0.378 e. The Morgan fingerprint density at radius 2 is 1.87 bits per heavy atom. The number of hydrogen-bond acceptors (Lipinski definition) is 5. The lowest BCUT2D eigenvalue weighted by atomic mass is 9.94. The summed E-state index contributed by atoms with van der Waals surface area (Å²) in [6.07, 6.45) is 0. The zero-order valence-electron chi connectivity index (χ0n) is 16.8. The second-order valence-electron chi connectivity index (χ2n) is 7.44. The molecule has 30 heavy (non-hydrogen) atoms. The van der Waals surface area contributed by atoms with Crippen LogP contribution in [0.4, 0.5) is 4.39 Å². The van der Waals surface area contributed by atoms with Crippen LogP contribution in [0.1, 0.15) is 35.9 Å². The third-order valence-electron chi connectivity index (χ3n) is 5.52. The number of halogens is 1. The number of morpholine rings is 1. The summed E-state index contributed by atoms with van der Waals surface area (Å²) >= 11 is 0. The number of nitrogens with two attached hydrogens (primary N) is 1. The molecule has 2 atom stereocenters. The zero-order valence-corrected chi connectivity index (χ0v) is 16.8. The van der Waals surface area contributed by atoms with Gasteiger partial charge in [0.05, 0.1) is 18.9 Å². The Kier molecular flexibility index (Phi) is 5.92. The molecule has 1 aliphatic heterocycles. The summed E-state index contributed by atoms with van der Waals surface area (Å²) in [5.41, 5.74) is 9.08. The first-order chi connectivity index (χ1) is 14.5. The molecule has 0 amide bonds. The van der Waals surface area contributed by atoms with E-state index in [9.17, 15) is 4.39 Å². The topological polar surface area (TPSA) is 88.4 Å². The average molecular weight is 408 g/mol. The molecule has 0 saturated carbocycles. The van der Waals surface area contributed by atoms with Crippen molar-refractivity contribution in [2.75, 3.05) is 26.3 Å². The van der Waals surface area contributed by atoms with E-state index in [4.69, 9.17) is 20.4 Å². The van der Waals surface area contributed by atoms with Crippen molar-refractivity contribution in [1.29, 1.82) is 5.41 Å². The van der Waals surface area contributed by atoms with E-state index in [1.54, 1.807) is 12.1 Å². The summed E-state index contributed by atoms with van der Waals surface area (Å²) in [7, 11) is 0. The van der Waals surface area contributed by atoms with E-state index in [1.807, 2.05) is 48.2 Å². The predicted molar refractivity (Wildman–Crippen MR) is 113 cm³/mol. The van der Waals surface area contributed by atoms with Crippen LogP contribution in [-0.4, -0.2) is 42.2 Å². The quantitative estimate of drug-likeness (QED) is 0.493. The Bertz CT molecular complexity index is 1020. The third-order valence-corrected chi connectivity index (χ3v) is 5.52. The Hall–Kier alpha value is -3.03. The van der Waals surface area contributed by atoms with Crippen molar-refractivity contribution in [3.05, 3.63) is 77.4 Å². The van der Waals surface area contributed by atoms with E-state index < -0.39 is 6.04 Å². The fraction of sp³-hybridized carbons (Fsp3) is 0.304. The molecule has 1 aliphatic rings. The highest BCUT2D eigenvalue weighted by atomic mass is 19.1. The van der Waals surface area contributed by atoms with Crippen LogP contribution in [0.25, 0.3) is 11.1 Å². The normalized spacial score (nSPS) is 16.3. The number of hydrogen-bond donors (Lipinski definition) is 2. The van der Waals surface area contributed by atoms with Crippen molar-refractivity contribution in [3.63, 3.8) is 0 Å². The molecule has 156 valence electrons. The van der Waals surface area contributed by atoms with Crippen molar-refractivity contribution in [2.45, 2.75) is 18.9 Å². The standard InChI is InChI=1S/C23H25FN4O2/c1-15(17-7-8-18(19(24)13-17)16-5-3-2-4-6-16)20-14-21(30-27-20)22(25)23(26)28-9-11-29-12-10-28/h2-8,13-15,22,26H,9-12,25H2,1H3. The summed E-state index contributed by atoms with van der Waals surface area (Å²) in [4.78, 5) is 1.89. The van der Waals surface area contributed by atoms with Crippen LogP contribution in [0.3, 0.4) is 0 Å². The summed E-state index contributed by atoms with van der Waals surface area (Å²) in [5.74, 6) is 0.258. The Morgan fingerprint density at radius 1 is 1.13 bits per heavy atom. The maximum absolute atomic E-state index is 14.7. The first-order valence-corrected chi connectivity index (χ1v) is 10.0. The van der Waals surface area contributed by atoms with Crippen LogP contribution in [0.2, 0.25) is 0 Å². The van der Waals surface area contributed by atoms with Gasteiger partial charge >= 0.3 is 0 Å². The molecule has 0 bridgehead atoms. The molecule has 1 aromatic heterocycles. The van der Waals surface area contributed by atoms with E-state index in [0.717, 1.165) is 11.1 Å². The number of ether oxygens (including phenoxy) is 1. The zero-order chi connectivity index (χ0) is 21.1. The van der Waals surface area contributed by atoms with Gasteiger partial charge in [0.15, 0.2) is 5.76 Å². The molecule has 0 radical (unpaired) electrons. The van der Waals surface area contributed by atoms with Gasteiger partial charge in [0.2, 0.25) is 0 Å². The lowest BCUT2D eigenvalue weighted by Crippen LogP contribution is -2.44. The van der Waals surface area contributed by atoms with E-state index in [0.29, 0.717) is 43.3 Å². The molecule has 4 rings (SSSR count). The van der Waals surface area contributed by atoms with Crippen LogP contribution < -0.4 is 5.73 Å². The van der Waals surface area contributed by atoms with Gasteiger partial charge in [0.1, 0.15) is 17.7 Å². The third kappa shape index (κ3) is 4.13. The van der Waals surface area contributed by atoms with Crippen molar-refractivity contribution in [2.24, 2.45) is 5.73 Å². The molecular formula is C23H25FN4O2. The maximum atomic E-state index is 14.7. The van der Waals surface area contributed by atoms with Gasteiger partial charge in [-0.1, -0.05) is 54.5 Å². The van der Waals surface area contributed by atoms with Crippen LogP contribution in [-0.2, 0) is 4.74 Å². The molecule has 1 fully saturated rings. The molecule has 6 nitrogen and oxygen atoms in total. The van der Waals surface area contributed by atoms with Crippen LogP contribution >= 0.6 is 0 Å². The van der Waals surface area contributed by atoms with Gasteiger partial charge < -0.3 is 19.9 Å². The number of nitrogens with one attached hydrogen (secondary N) is 1. The monoisotopic (exact) mass is 408 g/mol. The number of amidine groups is 1. The van der Waals surface area contributed by atoms with E-state index >= 15 is 0 Å². The van der Waals surface area contributed by atoms with E-state index in [-0.39, 0.29) is 17.6 Å². The number of nitrogens with zero attached hydrogens (tertiary/aromatic N) is 2. The maximum Gasteiger partial charge on any atom is 0.161 e. The molecule has 2 heterocycles. The summed E-state index contributed by atoms with van der Waals surface area (Å²) < 4.78 is 25.5. The second kappa shape index (κ2) is 8.77. The van der Waals surface area contributed by atoms with Gasteiger partial charge in [-0.05, 0) is 17.2 Å². The lowest BCUT2D eigenvalue weighted by Gasteiger charge is -2.30. The van der Waals surface area contributed by atoms with E-state index in [1.165, 1.54) is 6.07 Å². The average Bonchev–Trinajstić information content (AvgIpc) is 3.29. The highest BCUT2D eigenvalue weighted by Crippen LogP contribution is 2.30. The molecule has 2 aromatic carbocycles.